The molecule has 1 unspecified atom stereocenters. The van der Waals surface area contributed by atoms with E-state index in [-0.39, 0.29) is 0 Å². The predicted molar refractivity (Wildman–Crippen MR) is 65.3 cm³/mol. The van der Waals surface area contributed by atoms with Crippen molar-refractivity contribution >= 4 is 0 Å². The van der Waals surface area contributed by atoms with Crippen molar-refractivity contribution in [3.8, 4) is 0 Å². The number of aryl methyl sites for hydroxylation is 1. The number of likely N-dealkylation sites (tertiary alicyclic amines) is 1. The molecular formula is C12H22N4. The van der Waals surface area contributed by atoms with Crippen molar-refractivity contribution in [2.24, 2.45) is 7.05 Å². The zero-order chi connectivity index (χ0) is 11.4. The zero-order valence-electron chi connectivity index (χ0n) is 10.3. The first-order valence-electron chi connectivity index (χ1n) is 6.18. The number of nitrogens with one attached hydrogen (secondary N) is 1. The van der Waals surface area contributed by atoms with Gasteiger partial charge in [-0.1, -0.05) is 6.42 Å². The van der Waals surface area contributed by atoms with Crippen molar-refractivity contribution in [1.29, 1.82) is 0 Å². The maximum Gasteiger partial charge on any atom is 0.0946 e. The van der Waals surface area contributed by atoms with Gasteiger partial charge in [0.25, 0.3) is 0 Å². The van der Waals surface area contributed by atoms with Gasteiger partial charge in [0.2, 0.25) is 0 Å². The molecule has 1 aromatic heterocycles. The number of piperidine rings is 1. The van der Waals surface area contributed by atoms with E-state index >= 15 is 0 Å². The molecule has 0 aromatic carbocycles. The lowest BCUT2D eigenvalue weighted by Gasteiger charge is -2.34. The number of hydrogen-bond acceptors (Lipinski definition) is 3. The maximum atomic E-state index is 4.23. The van der Waals surface area contributed by atoms with Crippen molar-refractivity contribution in [3.05, 3.63) is 18.2 Å². The van der Waals surface area contributed by atoms with Crippen LogP contribution in [-0.4, -0.2) is 41.1 Å². The Morgan fingerprint density at radius 3 is 2.69 bits per heavy atom. The van der Waals surface area contributed by atoms with E-state index in [0.717, 1.165) is 6.54 Å². The van der Waals surface area contributed by atoms with Crippen LogP contribution in [0.5, 0.6) is 0 Å². The summed E-state index contributed by atoms with van der Waals surface area (Å²) in [6.45, 7) is 3.44. The van der Waals surface area contributed by atoms with Crippen molar-refractivity contribution in [2.75, 3.05) is 26.7 Å². The van der Waals surface area contributed by atoms with E-state index < -0.39 is 0 Å². The van der Waals surface area contributed by atoms with Gasteiger partial charge in [-0.05, 0) is 33.0 Å². The van der Waals surface area contributed by atoms with Crippen LogP contribution in [0.3, 0.4) is 0 Å². The molecule has 2 heterocycles. The van der Waals surface area contributed by atoms with E-state index in [1.165, 1.54) is 38.0 Å². The first-order chi connectivity index (χ1) is 7.83. The lowest BCUT2D eigenvalue weighted by molar-refractivity contribution is 0.157. The molecular weight excluding hydrogens is 200 g/mol. The topological polar surface area (TPSA) is 33.1 Å². The first-order valence-corrected chi connectivity index (χ1v) is 6.18. The minimum Gasteiger partial charge on any atom is -0.336 e. The second-order valence-corrected chi connectivity index (χ2v) is 4.60. The number of hydrogen-bond donors (Lipinski definition) is 1. The van der Waals surface area contributed by atoms with Crippen molar-refractivity contribution in [3.63, 3.8) is 0 Å². The second-order valence-electron chi connectivity index (χ2n) is 4.60. The summed E-state index contributed by atoms with van der Waals surface area (Å²) in [7, 11) is 4.10. The predicted octanol–water partition coefficient (Wildman–Crippen LogP) is 1.17. The minimum atomic E-state index is 0.470. The average molecular weight is 222 g/mol. The highest BCUT2D eigenvalue weighted by atomic mass is 15.2. The van der Waals surface area contributed by atoms with Gasteiger partial charge in [0.05, 0.1) is 18.1 Å². The summed E-state index contributed by atoms with van der Waals surface area (Å²) in [5, 5.41) is 3.30. The Balaban J connectivity index is 2.12. The van der Waals surface area contributed by atoms with Gasteiger partial charge < -0.3 is 9.88 Å². The molecule has 1 aliphatic heterocycles. The Bertz CT molecular complexity index is 315. The summed E-state index contributed by atoms with van der Waals surface area (Å²) in [5.74, 6) is 0. The maximum absolute atomic E-state index is 4.23. The molecule has 1 N–H and O–H groups in total. The lowest BCUT2D eigenvalue weighted by Crippen LogP contribution is -2.39. The van der Waals surface area contributed by atoms with Gasteiger partial charge in [0.1, 0.15) is 0 Å². The lowest BCUT2D eigenvalue weighted by atomic mass is 10.1. The third-order valence-electron chi connectivity index (χ3n) is 3.42. The van der Waals surface area contributed by atoms with E-state index in [2.05, 4.69) is 26.8 Å². The highest BCUT2D eigenvalue weighted by molar-refractivity contribution is 5.06. The van der Waals surface area contributed by atoms with Gasteiger partial charge in [0, 0.05) is 19.8 Å². The molecule has 0 saturated carbocycles. The first kappa shape index (κ1) is 11.6. The molecule has 1 aromatic rings. The molecule has 1 aliphatic rings. The number of likely N-dealkylation sites (N-methyl/N-ethyl adjacent to an activating group) is 1. The Hall–Kier alpha value is -0.870. The molecule has 16 heavy (non-hydrogen) atoms. The van der Waals surface area contributed by atoms with Crippen LogP contribution in [-0.2, 0) is 7.05 Å². The smallest absolute Gasteiger partial charge is 0.0946 e. The Labute approximate surface area is 97.7 Å². The number of rotatable bonds is 4. The average Bonchev–Trinajstić information content (AvgIpc) is 2.73. The van der Waals surface area contributed by atoms with Crippen molar-refractivity contribution in [2.45, 2.75) is 25.3 Å². The van der Waals surface area contributed by atoms with E-state index in [9.17, 15) is 0 Å². The van der Waals surface area contributed by atoms with Crippen LogP contribution in [0.15, 0.2) is 12.5 Å². The second kappa shape index (κ2) is 5.46. The standard InChI is InChI=1S/C12H22N4/c1-13-8-12(11-9-14-10-15(11)2)16-6-4-3-5-7-16/h9-10,12-13H,3-8H2,1-2H3. The number of nitrogens with zero attached hydrogens (tertiary/aromatic N) is 3. The van der Waals surface area contributed by atoms with E-state index in [4.69, 9.17) is 0 Å². The molecule has 1 atom stereocenters. The minimum absolute atomic E-state index is 0.470. The molecule has 90 valence electrons. The molecule has 4 heteroatoms. The van der Waals surface area contributed by atoms with Crippen LogP contribution in [0.4, 0.5) is 0 Å². The molecule has 0 bridgehead atoms. The SMILES string of the molecule is CNCC(c1cncn1C)N1CCCCC1. The van der Waals surface area contributed by atoms with Crippen molar-refractivity contribution < 1.29 is 0 Å². The van der Waals surface area contributed by atoms with Crippen LogP contribution in [0.25, 0.3) is 0 Å². The molecule has 4 nitrogen and oxygen atoms in total. The highest BCUT2D eigenvalue weighted by Gasteiger charge is 2.23. The number of aromatic nitrogens is 2. The fraction of sp³-hybridized carbons (Fsp3) is 0.750. The highest BCUT2D eigenvalue weighted by Crippen LogP contribution is 2.23. The van der Waals surface area contributed by atoms with Gasteiger partial charge in [0.15, 0.2) is 0 Å². The quantitative estimate of drug-likeness (QED) is 0.830. The molecule has 2 rings (SSSR count). The Morgan fingerprint density at radius 1 is 1.38 bits per heavy atom. The summed E-state index contributed by atoms with van der Waals surface area (Å²) in [5.41, 5.74) is 1.32. The molecule has 0 aliphatic carbocycles. The summed E-state index contributed by atoms with van der Waals surface area (Å²) in [6.07, 6.45) is 7.93. The van der Waals surface area contributed by atoms with Crippen molar-refractivity contribution in [1.82, 2.24) is 19.8 Å². The van der Waals surface area contributed by atoms with Crippen LogP contribution >= 0.6 is 0 Å². The van der Waals surface area contributed by atoms with Crippen LogP contribution in [0.2, 0.25) is 0 Å². The largest absolute Gasteiger partial charge is 0.336 e. The van der Waals surface area contributed by atoms with E-state index in [0.29, 0.717) is 6.04 Å². The Morgan fingerprint density at radius 2 is 2.12 bits per heavy atom. The van der Waals surface area contributed by atoms with Crippen LogP contribution in [0, 0.1) is 0 Å². The summed E-state index contributed by atoms with van der Waals surface area (Å²) in [4.78, 5) is 6.81. The third-order valence-corrected chi connectivity index (χ3v) is 3.42. The monoisotopic (exact) mass is 222 g/mol. The summed E-state index contributed by atoms with van der Waals surface area (Å²) >= 11 is 0. The van der Waals surface area contributed by atoms with E-state index in [1.807, 2.05) is 19.6 Å². The van der Waals surface area contributed by atoms with E-state index in [1.54, 1.807) is 0 Å². The Kier molecular flexibility index (Phi) is 3.96. The molecule has 0 radical (unpaired) electrons. The van der Waals surface area contributed by atoms with Crippen LogP contribution in [0.1, 0.15) is 31.0 Å². The summed E-state index contributed by atoms with van der Waals surface area (Å²) < 4.78 is 2.14. The molecule has 0 spiro atoms. The number of imidazole rings is 1. The molecule has 1 fully saturated rings. The zero-order valence-corrected chi connectivity index (χ0v) is 10.3. The third kappa shape index (κ3) is 2.44. The van der Waals surface area contributed by atoms with Gasteiger partial charge in [-0.2, -0.15) is 0 Å². The summed E-state index contributed by atoms with van der Waals surface area (Å²) in [6, 6.07) is 0.470. The fourth-order valence-corrected chi connectivity index (χ4v) is 2.53. The van der Waals surface area contributed by atoms with Gasteiger partial charge in [-0.25, -0.2) is 4.98 Å². The van der Waals surface area contributed by atoms with Gasteiger partial charge in [-0.3, -0.25) is 4.90 Å². The van der Waals surface area contributed by atoms with Gasteiger partial charge in [-0.15, -0.1) is 0 Å². The van der Waals surface area contributed by atoms with Gasteiger partial charge >= 0.3 is 0 Å². The fourth-order valence-electron chi connectivity index (χ4n) is 2.53. The van der Waals surface area contributed by atoms with Crippen LogP contribution < -0.4 is 5.32 Å². The normalized spacial score (nSPS) is 19.9. The molecule has 1 saturated heterocycles. The molecule has 0 amide bonds.